The molecule has 1 saturated heterocycles. The van der Waals surface area contributed by atoms with Gasteiger partial charge in [0.2, 0.25) is 0 Å². The van der Waals surface area contributed by atoms with Gasteiger partial charge in [0, 0.05) is 25.2 Å². The summed E-state index contributed by atoms with van der Waals surface area (Å²) in [5.41, 5.74) is 6.34. The highest BCUT2D eigenvalue weighted by molar-refractivity contribution is 5.90. The van der Waals surface area contributed by atoms with Gasteiger partial charge in [0.05, 0.1) is 12.4 Å². The first-order valence-corrected chi connectivity index (χ1v) is 7.89. The third-order valence-electron chi connectivity index (χ3n) is 4.40. The molecule has 0 aromatic carbocycles. The molecule has 4 rings (SSSR count). The van der Waals surface area contributed by atoms with Gasteiger partial charge in [-0.05, 0) is 25.0 Å². The Balaban J connectivity index is 1.51. The summed E-state index contributed by atoms with van der Waals surface area (Å²) in [6.07, 6.45) is 6.94. The lowest BCUT2D eigenvalue weighted by Crippen LogP contribution is -2.34. The van der Waals surface area contributed by atoms with Gasteiger partial charge in [0.15, 0.2) is 5.65 Å². The Bertz CT molecular complexity index is 883. The number of amides is 1. The topological polar surface area (TPSA) is 102 Å². The first-order chi connectivity index (χ1) is 11.7. The monoisotopic (exact) mass is 323 g/mol. The average Bonchev–Trinajstić information content (AvgIpc) is 3.06. The van der Waals surface area contributed by atoms with Crippen LogP contribution >= 0.6 is 0 Å². The number of primary amides is 1. The molecule has 3 aromatic heterocycles. The molecule has 0 spiro atoms. The standard InChI is InChI=1S/C16H17N7O/c17-15(24)12-9-18-10-14(19-12)22-7-4-11(5-8-22)16-21-20-13-3-1-2-6-23(13)16/h1-3,6,9-11H,4-5,7-8H2,(H2,17,24). The van der Waals surface area contributed by atoms with Gasteiger partial charge in [0.1, 0.15) is 17.3 Å². The number of rotatable bonds is 3. The number of hydrogen-bond donors (Lipinski definition) is 1. The zero-order valence-corrected chi connectivity index (χ0v) is 13.0. The lowest BCUT2D eigenvalue weighted by molar-refractivity contribution is 0.0995. The Kier molecular flexibility index (Phi) is 3.56. The van der Waals surface area contributed by atoms with Gasteiger partial charge in [-0.25, -0.2) is 4.98 Å². The van der Waals surface area contributed by atoms with Crippen molar-refractivity contribution in [3.05, 3.63) is 48.3 Å². The van der Waals surface area contributed by atoms with Crippen LogP contribution in [0, 0.1) is 0 Å². The molecule has 24 heavy (non-hydrogen) atoms. The summed E-state index contributed by atoms with van der Waals surface area (Å²) in [4.78, 5) is 21.7. The lowest BCUT2D eigenvalue weighted by atomic mass is 9.96. The fourth-order valence-electron chi connectivity index (χ4n) is 3.13. The molecule has 8 nitrogen and oxygen atoms in total. The molecule has 4 heterocycles. The fourth-order valence-corrected chi connectivity index (χ4v) is 3.13. The highest BCUT2D eigenvalue weighted by Gasteiger charge is 2.25. The Morgan fingerprint density at radius 3 is 2.79 bits per heavy atom. The highest BCUT2D eigenvalue weighted by Crippen LogP contribution is 2.28. The Hall–Kier alpha value is -3.03. The molecule has 0 saturated carbocycles. The van der Waals surface area contributed by atoms with E-state index in [2.05, 4.69) is 25.1 Å². The van der Waals surface area contributed by atoms with Crippen LogP contribution in [-0.2, 0) is 0 Å². The van der Waals surface area contributed by atoms with E-state index in [-0.39, 0.29) is 5.69 Å². The molecule has 8 heteroatoms. The zero-order valence-electron chi connectivity index (χ0n) is 13.0. The number of aromatic nitrogens is 5. The van der Waals surface area contributed by atoms with E-state index in [0.29, 0.717) is 11.7 Å². The molecule has 122 valence electrons. The van der Waals surface area contributed by atoms with Crippen LogP contribution in [0.4, 0.5) is 5.82 Å². The van der Waals surface area contributed by atoms with Gasteiger partial charge in [-0.3, -0.25) is 14.2 Å². The number of nitrogens with zero attached hydrogens (tertiary/aromatic N) is 6. The summed E-state index contributed by atoms with van der Waals surface area (Å²) < 4.78 is 2.05. The number of fused-ring (bicyclic) bond motifs is 1. The summed E-state index contributed by atoms with van der Waals surface area (Å²) >= 11 is 0. The summed E-state index contributed by atoms with van der Waals surface area (Å²) in [5.74, 6) is 1.48. The first kappa shape index (κ1) is 14.6. The molecule has 1 aliphatic heterocycles. The summed E-state index contributed by atoms with van der Waals surface area (Å²) in [5, 5.41) is 8.59. The minimum absolute atomic E-state index is 0.193. The molecule has 3 aromatic rings. The van der Waals surface area contributed by atoms with Crippen molar-refractivity contribution in [2.45, 2.75) is 18.8 Å². The number of pyridine rings is 1. The summed E-state index contributed by atoms with van der Waals surface area (Å²) in [6.45, 7) is 1.65. The molecular weight excluding hydrogens is 306 g/mol. The molecular formula is C16H17N7O. The van der Waals surface area contributed by atoms with Crippen LogP contribution in [0.1, 0.15) is 35.1 Å². The smallest absolute Gasteiger partial charge is 0.268 e. The Labute approximate surface area is 138 Å². The van der Waals surface area contributed by atoms with E-state index >= 15 is 0 Å². The minimum atomic E-state index is -0.561. The molecule has 0 unspecified atom stereocenters. The minimum Gasteiger partial charge on any atom is -0.364 e. The van der Waals surface area contributed by atoms with E-state index in [0.717, 1.165) is 37.4 Å². The van der Waals surface area contributed by atoms with Gasteiger partial charge >= 0.3 is 0 Å². The largest absolute Gasteiger partial charge is 0.364 e. The maximum atomic E-state index is 11.3. The number of anilines is 1. The first-order valence-electron chi connectivity index (χ1n) is 7.89. The van der Waals surface area contributed by atoms with Crippen LogP contribution in [0.15, 0.2) is 36.8 Å². The second-order valence-electron chi connectivity index (χ2n) is 5.88. The number of piperidine rings is 1. The van der Waals surface area contributed by atoms with Crippen molar-refractivity contribution in [1.82, 2.24) is 24.6 Å². The molecule has 1 fully saturated rings. The van der Waals surface area contributed by atoms with Crippen LogP contribution in [0.2, 0.25) is 0 Å². The second-order valence-corrected chi connectivity index (χ2v) is 5.88. The highest BCUT2D eigenvalue weighted by atomic mass is 16.1. The quantitative estimate of drug-likeness (QED) is 0.771. The number of nitrogens with two attached hydrogens (primary N) is 1. The lowest BCUT2D eigenvalue weighted by Gasteiger charge is -2.31. The number of hydrogen-bond acceptors (Lipinski definition) is 6. The normalized spacial score (nSPS) is 15.8. The van der Waals surface area contributed by atoms with Crippen LogP contribution in [0.3, 0.4) is 0 Å². The van der Waals surface area contributed by atoms with Gasteiger partial charge < -0.3 is 10.6 Å². The van der Waals surface area contributed by atoms with Crippen molar-refractivity contribution in [1.29, 1.82) is 0 Å². The van der Waals surface area contributed by atoms with Crippen molar-refractivity contribution in [3.63, 3.8) is 0 Å². The molecule has 1 amide bonds. The van der Waals surface area contributed by atoms with Crippen molar-refractivity contribution in [3.8, 4) is 0 Å². The third kappa shape index (κ3) is 2.55. The van der Waals surface area contributed by atoms with Gasteiger partial charge in [-0.1, -0.05) is 6.07 Å². The Morgan fingerprint density at radius 1 is 1.17 bits per heavy atom. The van der Waals surface area contributed by atoms with Gasteiger partial charge in [0.25, 0.3) is 5.91 Å². The van der Waals surface area contributed by atoms with E-state index in [9.17, 15) is 4.79 Å². The molecule has 2 N–H and O–H groups in total. The maximum Gasteiger partial charge on any atom is 0.268 e. The maximum absolute atomic E-state index is 11.3. The van der Waals surface area contributed by atoms with Crippen molar-refractivity contribution in [2.24, 2.45) is 5.73 Å². The molecule has 1 aliphatic rings. The van der Waals surface area contributed by atoms with Gasteiger partial charge in [-0.15, -0.1) is 10.2 Å². The second kappa shape index (κ2) is 5.88. The molecule has 0 aliphatic carbocycles. The fraction of sp³-hybridized carbons (Fsp3) is 0.312. The van der Waals surface area contributed by atoms with Crippen LogP contribution < -0.4 is 10.6 Å². The van der Waals surface area contributed by atoms with Crippen molar-refractivity contribution >= 4 is 17.4 Å². The molecule has 0 bridgehead atoms. The van der Waals surface area contributed by atoms with Gasteiger partial charge in [-0.2, -0.15) is 0 Å². The van der Waals surface area contributed by atoms with E-state index in [4.69, 9.17) is 5.73 Å². The van der Waals surface area contributed by atoms with Crippen LogP contribution in [-0.4, -0.2) is 43.6 Å². The van der Waals surface area contributed by atoms with E-state index in [1.54, 1.807) is 6.20 Å². The zero-order chi connectivity index (χ0) is 16.5. The van der Waals surface area contributed by atoms with E-state index < -0.39 is 5.91 Å². The predicted octanol–water partition coefficient (Wildman–Crippen LogP) is 1.00. The van der Waals surface area contributed by atoms with Crippen LogP contribution in [0.5, 0.6) is 0 Å². The average molecular weight is 323 g/mol. The van der Waals surface area contributed by atoms with Crippen LogP contribution in [0.25, 0.3) is 5.65 Å². The number of carbonyl (C=O) groups excluding carboxylic acids is 1. The summed E-state index contributed by atoms with van der Waals surface area (Å²) in [7, 11) is 0. The predicted molar refractivity (Wildman–Crippen MR) is 87.7 cm³/mol. The SMILES string of the molecule is NC(=O)c1cncc(N2CCC(c3nnc4ccccn34)CC2)n1. The molecule has 0 radical (unpaired) electrons. The molecule has 0 atom stereocenters. The number of carbonyl (C=O) groups is 1. The Morgan fingerprint density at radius 2 is 2.00 bits per heavy atom. The van der Waals surface area contributed by atoms with Crippen molar-refractivity contribution < 1.29 is 4.79 Å². The summed E-state index contributed by atoms with van der Waals surface area (Å²) in [6, 6.07) is 5.90. The third-order valence-corrected chi connectivity index (χ3v) is 4.40. The van der Waals surface area contributed by atoms with E-state index in [1.165, 1.54) is 6.20 Å². The van der Waals surface area contributed by atoms with E-state index in [1.807, 2.05) is 28.8 Å². The van der Waals surface area contributed by atoms with Crippen molar-refractivity contribution in [2.75, 3.05) is 18.0 Å².